The van der Waals surface area contributed by atoms with E-state index in [1.807, 2.05) is 54.6 Å². The first-order valence-electron chi connectivity index (χ1n) is 10.3. The smallest absolute Gasteiger partial charge is 0.339 e. The molecule has 1 N–H and O–H groups in total. The van der Waals surface area contributed by atoms with Crippen molar-refractivity contribution in [3.05, 3.63) is 95.1 Å². The number of nitrogens with zero attached hydrogens (tertiary/aromatic N) is 1. The van der Waals surface area contributed by atoms with Gasteiger partial charge in [0.15, 0.2) is 5.60 Å². The quantitative estimate of drug-likeness (QED) is 0.589. The molecule has 4 rings (SSSR count). The zero-order valence-electron chi connectivity index (χ0n) is 17.6. The number of carbonyl (C=O) groups is 2. The van der Waals surface area contributed by atoms with Gasteiger partial charge in [0.1, 0.15) is 12.4 Å². The van der Waals surface area contributed by atoms with Crippen molar-refractivity contribution in [1.29, 1.82) is 5.26 Å². The number of esters is 1. The van der Waals surface area contributed by atoms with E-state index < -0.39 is 11.6 Å². The van der Waals surface area contributed by atoms with Crippen molar-refractivity contribution in [2.75, 3.05) is 5.32 Å². The summed E-state index contributed by atoms with van der Waals surface area (Å²) >= 11 is 0. The van der Waals surface area contributed by atoms with E-state index in [1.54, 1.807) is 25.1 Å². The van der Waals surface area contributed by atoms with Gasteiger partial charge in [0.05, 0.1) is 18.1 Å². The highest BCUT2D eigenvalue weighted by molar-refractivity contribution is 6.02. The second-order valence-electron chi connectivity index (χ2n) is 7.88. The molecule has 1 unspecified atom stereocenters. The van der Waals surface area contributed by atoms with E-state index in [2.05, 4.69) is 11.4 Å². The number of ether oxygens (including phenoxy) is 2. The average molecular weight is 426 g/mol. The highest BCUT2D eigenvalue weighted by atomic mass is 16.6. The van der Waals surface area contributed by atoms with E-state index in [1.165, 1.54) is 0 Å². The van der Waals surface area contributed by atoms with Crippen LogP contribution in [-0.2, 0) is 29.0 Å². The number of fused-ring (bicyclic) bond motifs is 1. The molecule has 3 aromatic carbocycles. The van der Waals surface area contributed by atoms with Crippen LogP contribution < -0.4 is 10.1 Å². The molecule has 1 aliphatic heterocycles. The van der Waals surface area contributed by atoms with Crippen LogP contribution in [0.5, 0.6) is 5.75 Å². The number of rotatable bonds is 6. The normalized spacial score (nSPS) is 16.9. The van der Waals surface area contributed by atoms with Crippen molar-refractivity contribution in [1.82, 2.24) is 0 Å². The van der Waals surface area contributed by atoms with Crippen molar-refractivity contribution in [3.8, 4) is 11.8 Å². The summed E-state index contributed by atoms with van der Waals surface area (Å²) < 4.78 is 11.3. The fourth-order valence-corrected chi connectivity index (χ4v) is 3.62. The summed E-state index contributed by atoms with van der Waals surface area (Å²) in [6.07, 6.45) is 0.674. The predicted octanol–water partition coefficient (Wildman–Crippen LogP) is 4.44. The van der Waals surface area contributed by atoms with Crippen LogP contribution in [0.25, 0.3) is 0 Å². The zero-order valence-corrected chi connectivity index (χ0v) is 17.6. The van der Waals surface area contributed by atoms with Crippen molar-refractivity contribution in [2.24, 2.45) is 0 Å². The number of cyclic esters (lactones) is 1. The van der Waals surface area contributed by atoms with Crippen molar-refractivity contribution >= 4 is 17.6 Å². The molecule has 1 aliphatic rings. The molecule has 1 atom stereocenters. The molecule has 0 fully saturated rings. The minimum atomic E-state index is -1.29. The van der Waals surface area contributed by atoms with E-state index in [9.17, 15) is 9.59 Å². The second kappa shape index (κ2) is 8.94. The third-order valence-electron chi connectivity index (χ3n) is 5.36. The lowest BCUT2D eigenvalue weighted by Crippen LogP contribution is -2.48. The lowest BCUT2D eigenvalue weighted by molar-refractivity contribution is -0.134. The van der Waals surface area contributed by atoms with Gasteiger partial charge in [-0.05, 0) is 53.9 Å². The summed E-state index contributed by atoms with van der Waals surface area (Å²) in [5, 5.41) is 11.6. The van der Waals surface area contributed by atoms with Crippen LogP contribution in [0.1, 0.15) is 34.0 Å². The molecule has 6 heteroatoms. The van der Waals surface area contributed by atoms with Gasteiger partial charge >= 0.3 is 5.97 Å². The second-order valence-corrected chi connectivity index (χ2v) is 7.88. The molecule has 160 valence electrons. The number of hydrogen-bond donors (Lipinski definition) is 1. The third-order valence-corrected chi connectivity index (χ3v) is 5.36. The Kier molecular flexibility index (Phi) is 5.91. The maximum Gasteiger partial charge on any atom is 0.339 e. The van der Waals surface area contributed by atoms with Crippen molar-refractivity contribution < 1.29 is 19.1 Å². The number of carbonyl (C=O) groups excluding carboxylic acids is 2. The van der Waals surface area contributed by atoms with Gasteiger partial charge in [-0.3, -0.25) is 4.79 Å². The Morgan fingerprint density at radius 3 is 2.66 bits per heavy atom. The maximum atomic E-state index is 13.0. The molecule has 32 heavy (non-hydrogen) atoms. The molecule has 1 heterocycles. The summed E-state index contributed by atoms with van der Waals surface area (Å²) in [5.74, 6) is -0.180. The standard InChI is InChI=1S/C26H22N2O4/c1-26(16-20-6-2-3-8-23(20)24(29)32-26)25(30)28-21-7-4-5-19(15-21)17-31-22-11-9-18(10-12-22)13-14-27/h2-12,15H,13,16-17H2,1H3,(H,28,30). The molecule has 6 nitrogen and oxygen atoms in total. The van der Waals surface area contributed by atoms with E-state index in [-0.39, 0.29) is 5.91 Å². The van der Waals surface area contributed by atoms with Crippen LogP contribution in [-0.4, -0.2) is 17.5 Å². The monoisotopic (exact) mass is 426 g/mol. The molecule has 1 amide bonds. The molecule has 0 spiro atoms. The Morgan fingerprint density at radius 2 is 1.88 bits per heavy atom. The van der Waals surface area contributed by atoms with Crippen LogP contribution in [0.2, 0.25) is 0 Å². The lowest BCUT2D eigenvalue weighted by atomic mass is 9.89. The van der Waals surface area contributed by atoms with Gasteiger partial charge < -0.3 is 14.8 Å². The molecule has 3 aromatic rings. The van der Waals surface area contributed by atoms with Gasteiger partial charge in [0.2, 0.25) is 0 Å². The molecular formula is C26H22N2O4. The Labute approximate surface area is 186 Å². The molecular weight excluding hydrogens is 404 g/mol. The Balaban J connectivity index is 1.41. The van der Waals surface area contributed by atoms with E-state index in [0.29, 0.717) is 36.4 Å². The number of nitriles is 1. The van der Waals surface area contributed by atoms with Crippen LogP contribution in [0.15, 0.2) is 72.8 Å². The Morgan fingerprint density at radius 1 is 1.09 bits per heavy atom. The SMILES string of the molecule is CC1(C(=O)Nc2cccc(COc3ccc(CC#N)cc3)c2)Cc2ccccc2C(=O)O1. The predicted molar refractivity (Wildman–Crippen MR) is 119 cm³/mol. The summed E-state index contributed by atoms with van der Waals surface area (Å²) in [5.41, 5.74) is 2.41. The number of hydrogen-bond acceptors (Lipinski definition) is 5. The third kappa shape index (κ3) is 4.62. The summed E-state index contributed by atoms with van der Waals surface area (Å²) in [6.45, 7) is 1.94. The van der Waals surface area contributed by atoms with Gasteiger partial charge in [-0.1, -0.05) is 42.5 Å². The molecule has 0 radical (unpaired) electrons. The highest BCUT2D eigenvalue weighted by Crippen LogP contribution is 2.29. The summed E-state index contributed by atoms with van der Waals surface area (Å²) in [7, 11) is 0. The zero-order chi connectivity index (χ0) is 22.6. The summed E-state index contributed by atoms with van der Waals surface area (Å²) in [6, 6.07) is 24.0. The largest absolute Gasteiger partial charge is 0.489 e. The van der Waals surface area contributed by atoms with Crippen LogP contribution >= 0.6 is 0 Å². The number of anilines is 1. The number of nitrogens with one attached hydrogen (secondary N) is 1. The van der Waals surface area contributed by atoms with Crippen molar-refractivity contribution in [3.63, 3.8) is 0 Å². The van der Waals surface area contributed by atoms with E-state index in [4.69, 9.17) is 14.7 Å². The van der Waals surface area contributed by atoms with Gasteiger partial charge in [0, 0.05) is 12.1 Å². The molecule has 0 bridgehead atoms. The van der Waals surface area contributed by atoms with Gasteiger partial charge in [-0.25, -0.2) is 4.79 Å². The Bertz CT molecular complexity index is 1200. The molecule has 0 aliphatic carbocycles. The first-order chi connectivity index (χ1) is 15.5. The first-order valence-corrected chi connectivity index (χ1v) is 10.3. The fraction of sp³-hybridized carbons (Fsp3) is 0.192. The van der Waals surface area contributed by atoms with Gasteiger partial charge in [0.25, 0.3) is 5.91 Å². The Hall–Kier alpha value is -4.11. The molecule has 0 aromatic heterocycles. The topological polar surface area (TPSA) is 88.4 Å². The minimum Gasteiger partial charge on any atom is -0.489 e. The number of benzene rings is 3. The fourth-order valence-electron chi connectivity index (χ4n) is 3.62. The molecule has 0 saturated heterocycles. The average Bonchev–Trinajstić information content (AvgIpc) is 2.79. The van der Waals surface area contributed by atoms with Crippen LogP contribution in [0.4, 0.5) is 5.69 Å². The van der Waals surface area contributed by atoms with E-state index in [0.717, 1.165) is 16.7 Å². The van der Waals surface area contributed by atoms with Gasteiger partial charge in [-0.2, -0.15) is 5.26 Å². The van der Waals surface area contributed by atoms with Crippen LogP contribution in [0, 0.1) is 11.3 Å². The maximum absolute atomic E-state index is 13.0. The van der Waals surface area contributed by atoms with E-state index >= 15 is 0 Å². The summed E-state index contributed by atoms with van der Waals surface area (Å²) in [4.78, 5) is 25.3. The van der Waals surface area contributed by atoms with Crippen molar-refractivity contribution in [2.45, 2.75) is 32.0 Å². The first kappa shape index (κ1) is 21.1. The van der Waals surface area contributed by atoms with Gasteiger partial charge in [-0.15, -0.1) is 0 Å². The number of amides is 1. The molecule has 0 saturated carbocycles. The minimum absolute atomic E-state index is 0.311. The lowest BCUT2D eigenvalue weighted by Gasteiger charge is -2.33. The van der Waals surface area contributed by atoms with Crippen LogP contribution in [0.3, 0.4) is 0 Å². The highest BCUT2D eigenvalue weighted by Gasteiger charge is 2.42.